The summed E-state index contributed by atoms with van der Waals surface area (Å²) in [5, 5.41) is 3.29. The minimum absolute atomic E-state index is 0.890. The standard InChI is InChI=1S/C7H8N4S/c1-2-11-5-3-9-12-7(5)10-6(11)4-8-1/h3,8H,1-2,4H2. The quantitative estimate of drug-likeness (QED) is 0.645. The van der Waals surface area contributed by atoms with Crippen molar-refractivity contribution < 1.29 is 0 Å². The Morgan fingerprint density at radius 1 is 1.58 bits per heavy atom. The van der Waals surface area contributed by atoms with Crippen molar-refractivity contribution in [2.75, 3.05) is 6.54 Å². The molecule has 4 nitrogen and oxygen atoms in total. The van der Waals surface area contributed by atoms with E-state index in [0.29, 0.717) is 0 Å². The van der Waals surface area contributed by atoms with Crippen LogP contribution in [0.25, 0.3) is 10.3 Å². The first-order chi connectivity index (χ1) is 5.95. The number of fused-ring (bicyclic) bond motifs is 3. The average Bonchev–Trinajstić information content (AvgIpc) is 2.62. The highest BCUT2D eigenvalue weighted by molar-refractivity contribution is 7.12. The third kappa shape index (κ3) is 0.748. The molecule has 0 saturated heterocycles. The normalized spacial score (nSPS) is 16.7. The van der Waals surface area contributed by atoms with E-state index in [0.717, 1.165) is 30.3 Å². The number of imidazole rings is 1. The van der Waals surface area contributed by atoms with Gasteiger partial charge in [-0.1, -0.05) is 0 Å². The lowest BCUT2D eigenvalue weighted by molar-refractivity contribution is 0.514. The molecule has 0 amide bonds. The Kier molecular flexibility index (Phi) is 1.24. The van der Waals surface area contributed by atoms with Crippen LogP contribution in [-0.4, -0.2) is 20.5 Å². The molecule has 62 valence electrons. The summed E-state index contributed by atoms with van der Waals surface area (Å²) < 4.78 is 6.35. The van der Waals surface area contributed by atoms with Gasteiger partial charge in [0.25, 0.3) is 0 Å². The van der Waals surface area contributed by atoms with Gasteiger partial charge in [-0.25, -0.2) is 4.98 Å². The second kappa shape index (κ2) is 2.27. The molecule has 2 aromatic rings. The fourth-order valence-corrected chi connectivity index (χ4v) is 2.24. The first-order valence-corrected chi connectivity index (χ1v) is 4.73. The summed E-state index contributed by atoms with van der Waals surface area (Å²) in [5.41, 5.74) is 1.19. The lowest BCUT2D eigenvalue weighted by Gasteiger charge is -2.14. The van der Waals surface area contributed by atoms with Crippen LogP contribution >= 0.6 is 11.5 Å². The van der Waals surface area contributed by atoms with Crippen LogP contribution in [0, 0.1) is 0 Å². The van der Waals surface area contributed by atoms with Crippen molar-refractivity contribution in [3.05, 3.63) is 12.0 Å². The van der Waals surface area contributed by atoms with Crippen molar-refractivity contribution in [3.63, 3.8) is 0 Å². The van der Waals surface area contributed by atoms with E-state index in [4.69, 9.17) is 0 Å². The predicted molar refractivity (Wildman–Crippen MR) is 47.1 cm³/mol. The Balaban J connectivity index is 2.34. The topological polar surface area (TPSA) is 42.7 Å². The van der Waals surface area contributed by atoms with Crippen molar-refractivity contribution in [2.45, 2.75) is 13.1 Å². The zero-order valence-corrected chi connectivity index (χ0v) is 7.27. The van der Waals surface area contributed by atoms with Gasteiger partial charge in [-0.15, -0.1) is 0 Å². The number of rotatable bonds is 0. The predicted octanol–water partition coefficient (Wildman–Crippen LogP) is 0.596. The molecule has 2 aromatic heterocycles. The minimum atomic E-state index is 0.890. The van der Waals surface area contributed by atoms with Crippen LogP contribution in [0.15, 0.2) is 6.20 Å². The molecule has 0 bridgehead atoms. The maximum Gasteiger partial charge on any atom is 0.161 e. The smallest absolute Gasteiger partial charge is 0.161 e. The number of nitrogens with one attached hydrogen (secondary N) is 1. The summed E-state index contributed by atoms with van der Waals surface area (Å²) in [7, 11) is 0. The van der Waals surface area contributed by atoms with Gasteiger partial charge in [0.15, 0.2) is 4.83 Å². The zero-order valence-electron chi connectivity index (χ0n) is 6.45. The third-order valence-corrected chi connectivity index (χ3v) is 2.85. The van der Waals surface area contributed by atoms with Gasteiger partial charge >= 0.3 is 0 Å². The SMILES string of the molecule is c1nsc2nc3n(c12)CCNC3. The minimum Gasteiger partial charge on any atom is -0.324 e. The molecule has 1 N–H and O–H groups in total. The average molecular weight is 180 g/mol. The molecule has 0 radical (unpaired) electrons. The molecular formula is C7H8N4S. The Morgan fingerprint density at radius 3 is 3.58 bits per heavy atom. The molecule has 0 spiro atoms. The van der Waals surface area contributed by atoms with E-state index in [9.17, 15) is 0 Å². The fourth-order valence-electron chi connectivity index (χ4n) is 1.58. The molecule has 0 aromatic carbocycles. The molecule has 1 aliphatic rings. The summed E-state index contributed by atoms with van der Waals surface area (Å²) in [6.45, 7) is 2.94. The number of aromatic nitrogens is 3. The molecule has 0 atom stereocenters. The molecular weight excluding hydrogens is 172 g/mol. The molecule has 0 aliphatic carbocycles. The number of nitrogens with zero attached hydrogens (tertiary/aromatic N) is 3. The zero-order chi connectivity index (χ0) is 7.97. The summed E-state index contributed by atoms with van der Waals surface area (Å²) in [6.07, 6.45) is 1.90. The van der Waals surface area contributed by atoms with E-state index in [2.05, 4.69) is 19.2 Å². The van der Waals surface area contributed by atoms with Gasteiger partial charge in [-0.05, 0) is 11.5 Å². The van der Waals surface area contributed by atoms with Crippen molar-refractivity contribution >= 4 is 21.9 Å². The van der Waals surface area contributed by atoms with Gasteiger partial charge in [0, 0.05) is 13.1 Å². The first-order valence-electron chi connectivity index (χ1n) is 3.95. The molecule has 3 rings (SSSR count). The Hall–Kier alpha value is -0.940. The van der Waals surface area contributed by atoms with Crippen LogP contribution in [0.4, 0.5) is 0 Å². The number of hydrogen-bond acceptors (Lipinski definition) is 4. The van der Waals surface area contributed by atoms with Crippen LogP contribution in [0.2, 0.25) is 0 Å². The van der Waals surface area contributed by atoms with Crippen LogP contribution in [0.1, 0.15) is 5.82 Å². The van der Waals surface area contributed by atoms with E-state index < -0.39 is 0 Å². The van der Waals surface area contributed by atoms with Crippen LogP contribution in [0.5, 0.6) is 0 Å². The lowest BCUT2D eigenvalue weighted by atomic mass is 10.4. The second-order valence-electron chi connectivity index (χ2n) is 2.87. The summed E-state index contributed by atoms with van der Waals surface area (Å²) in [6, 6.07) is 0. The van der Waals surface area contributed by atoms with Crippen molar-refractivity contribution in [1.29, 1.82) is 0 Å². The van der Waals surface area contributed by atoms with Gasteiger partial charge in [0.05, 0.1) is 18.3 Å². The highest BCUT2D eigenvalue weighted by Crippen LogP contribution is 2.20. The summed E-state index contributed by atoms with van der Waals surface area (Å²) in [4.78, 5) is 5.53. The van der Waals surface area contributed by atoms with E-state index in [1.54, 1.807) is 0 Å². The van der Waals surface area contributed by atoms with Crippen LogP contribution < -0.4 is 5.32 Å². The molecule has 0 saturated carbocycles. The van der Waals surface area contributed by atoms with Crippen molar-refractivity contribution in [2.24, 2.45) is 0 Å². The van der Waals surface area contributed by atoms with E-state index in [1.165, 1.54) is 17.0 Å². The summed E-state index contributed by atoms with van der Waals surface area (Å²) in [5.74, 6) is 1.14. The lowest BCUT2D eigenvalue weighted by Crippen LogP contribution is -2.28. The molecule has 5 heteroatoms. The number of hydrogen-bond donors (Lipinski definition) is 1. The van der Waals surface area contributed by atoms with Crippen molar-refractivity contribution in [1.82, 2.24) is 19.2 Å². The van der Waals surface area contributed by atoms with Crippen LogP contribution in [0.3, 0.4) is 0 Å². The van der Waals surface area contributed by atoms with Gasteiger partial charge < -0.3 is 9.88 Å². The fraction of sp³-hybridized carbons (Fsp3) is 0.429. The monoisotopic (exact) mass is 180 g/mol. The molecule has 12 heavy (non-hydrogen) atoms. The highest BCUT2D eigenvalue weighted by atomic mass is 32.1. The van der Waals surface area contributed by atoms with Gasteiger partial charge in [0.1, 0.15) is 5.82 Å². The Bertz CT molecular complexity index is 416. The first kappa shape index (κ1) is 6.56. The maximum atomic E-state index is 4.47. The third-order valence-electron chi connectivity index (χ3n) is 2.16. The molecule has 1 aliphatic heterocycles. The van der Waals surface area contributed by atoms with E-state index in [-0.39, 0.29) is 0 Å². The van der Waals surface area contributed by atoms with Gasteiger partial charge in [-0.3, -0.25) is 0 Å². The Morgan fingerprint density at radius 2 is 2.58 bits per heavy atom. The molecule has 0 fully saturated rings. The molecule has 0 unspecified atom stereocenters. The van der Waals surface area contributed by atoms with E-state index >= 15 is 0 Å². The summed E-state index contributed by atoms with van der Waals surface area (Å²) >= 11 is 1.47. The van der Waals surface area contributed by atoms with E-state index in [1.807, 2.05) is 6.20 Å². The highest BCUT2D eigenvalue weighted by Gasteiger charge is 2.14. The van der Waals surface area contributed by atoms with Gasteiger partial charge in [0.2, 0.25) is 0 Å². The Labute approximate surface area is 73.4 Å². The van der Waals surface area contributed by atoms with Crippen LogP contribution in [-0.2, 0) is 13.1 Å². The molecule has 3 heterocycles. The largest absolute Gasteiger partial charge is 0.324 e. The van der Waals surface area contributed by atoms with Gasteiger partial charge in [-0.2, -0.15) is 4.37 Å². The maximum absolute atomic E-state index is 4.47. The van der Waals surface area contributed by atoms with Crippen molar-refractivity contribution in [3.8, 4) is 0 Å². The second-order valence-corrected chi connectivity index (χ2v) is 3.65.